The predicted molar refractivity (Wildman–Crippen MR) is 76.5 cm³/mol. The van der Waals surface area contributed by atoms with Gasteiger partial charge in [0.15, 0.2) is 0 Å². The van der Waals surface area contributed by atoms with Gasteiger partial charge in [-0.05, 0) is 37.1 Å². The molecule has 5 heteroatoms. The Morgan fingerprint density at radius 3 is 2.72 bits per heavy atom. The van der Waals surface area contributed by atoms with Crippen LogP contribution in [0.1, 0.15) is 25.3 Å². The molecule has 0 aliphatic heterocycles. The van der Waals surface area contributed by atoms with Crippen LogP contribution in [0.5, 0.6) is 5.75 Å². The third-order valence-electron chi connectivity index (χ3n) is 2.32. The molecule has 0 aliphatic rings. The molecule has 4 nitrogen and oxygen atoms in total. The van der Waals surface area contributed by atoms with Gasteiger partial charge in [-0.3, -0.25) is 4.79 Å². The molecule has 0 aliphatic carbocycles. The predicted octanol–water partition coefficient (Wildman–Crippen LogP) is 2.49. The highest BCUT2D eigenvalue weighted by Gasteiger charge is 2.04. The summed E-state index contributed by atoms with van der Waals surface area (Å²) >= 11 is 0. The van der Waals surface area contributed by atoms with Crippen LogP contribution in [0, 0.1) is 6.92 Å². The van der Waals surface area contributed by atoms with E-state index < -0.39 is 0 Å². The van der Waals surface area contributed by atoms with Gasteiger partial charge in [-0.2, -0.15) is 0 Å². The van der Waals surface area contributed by atoms with Crippen LogP contribution in [-0.4, -0.2) is 19.1 Å². The molecular weight excluding hydrogens is 252 g/mol. The topological polar surface area (TPSA) is 64.3 Å². The van der Waals surface area contributed by atoms with Gasteiger partial charge in [-0.1, -0.05) is 6.92 Å². The maximum Gasteiger partial charge on any atom is 0.225 e. The zero-order valence-electron chi connectivity index (χ0n) is 10.9. The average Bonchev–Trinajstić information content (AvgIpc) is 2.30. The molecule has 0 spiro atoms. The molecule has 0 saturated carbocycles. The second kappa shape index (κ2) is 8.78. The average molecular weight is 273 g/mol. The summed E-state index contributed by atoms with van der Waals surface area (Å²) in [5, 5.41) is 2.82. The molecule has 0 radical (unpaired) electrons. The lowest BCUT2D eigenvalue weighted by Gasteiger charge is -2.10. The normalized spacial score (nSPS) is 9.50. The molecular formula is C13H21ClN2O2. The van der Waals surface area contributed by atoms with Crippen molar-refractivity contribution in [2.45, 2.75) is 26.7 Å². The van der Waals surface area contributed by atoms with Crippen molar-refractivity contribution < 1.29 is 9.53 Å². The van der Waals surface area contributed by atoms with Crippen LogP contribution in [0.15, 0.2) is 18.2 Å². The highest BCUT2D eigenvalue weighted by molar-refractivity contribution is 5.91. The number of amides is 1. The summed E-state index contributed by atoms with van der Waals surface area (Å²) in [6.45, 7) is 5.08. The van der Waals surface area contributed by atoms with E-state index in [9.17, 15) is 4.79 Å². The van der Waals surface area contributed by atoms with E-state index in [2.05, 4.69) is 12.2 Å². The molecule has 0 fully saturated rings. The standard InChI is InChI=1S/C13H20N2O2.ClH/c1-3-8-17-11-4-5-12(10(2)9-11)15-13(16)6-7-14;/h4-5,9H,3,6-8,14H2,1-2H3,(H,15,16);1H. The second-order valence-corrected chi connectivity index (χ2v) is 3.91. The number of carbonyl (C=O) groups excluding carboxylic acids is 1. The first-order chi connectivity index (χ1) is 8.17. The first kappa shape index (κ1) is 16.7. The van der Waals surface area contributed by atoms with Gasteiger partial charge in [0.2, 0.25) is 5.91 Å². The van der Waals surface area contributed by atoms with E-state index in [0.717, 1.165) is 23.4 Å². The highest BCUT2D eigenvalue weighted by Crippen LogP contribution is 2.21. The lowest BCUT2D eigenvalue weighted by Crippen LogP contribution is -2.16. The molecule has 102 valence electrons. The van der Waals surface area contributed by atoms with Crippen molar-refractivity contribution in [2.75, 3.05) is 18.5 Å². The van der Waals surface area contributed by atoms with Crippen LogP contribution < -0.4 is 15.8 Å². The summed E-state index contributed by atoms with van der Waals surface area (Å²) in [7, 11) is 0. The lowest BCUT2D eigenvalue weighted by molar-refractivity contribution is -0.116. The fraction of sp³-hybridized carbons (Fsp3) is 0.462. The number of benzene rings is 1. The first-order valence-electron chi connectivity index (χ1n) is 5.90. The molecule has 1 amide bonds. The molecule has 0 unspecified atom stereocenters. The Morgan fingerprint density at radius 2 is 2.17 bits per heavy atom. The summed E-state index contributed by atoms with van der Waals surface area (Å²) < 4.78 is 5.51. The SMILES string of the molecule is CCCOc1ccc(NC(=O)CCN)c(C)c1.Cl. The number of rotatable bonds is 6. The number of aryl methyl sites for hydroxylation is 1. The molecule has 1 aromatic rings. The summed E-state index contributed by atoms with van der Waals surface area (Å²) in [4.78, 5) is 11.4. The van der Waals surface area contributed by atoms with Gasteiger partial charge in [0.25, 0.3) is 0 Å². The minimum atomic E-state index is -0.0576. The number of nitrogens with two attached hydrogens (primary N) is 1. The van der Waals surface area contributed by atoms with E-state index in [1.807, 2.05) is 25.1 Å². The number of anilines is 1. The largest absolute Gasteiger partial charge is 0.494 e. The highest BCUT2D eigenvalue weighted by atomic mass is 35.5. The molecule has 18 heavy (non-hydrogen) atoms. The number of carbonyl (C=O) groups is 1. The van der Waals surface area contributed by atoms with Crippen molar-refractivity contribution in [1.29, 1.82) is 0 Å². The minimum Gasteiger partial charge on any atom is -0.494 e. The van der Waals surface area contributed by atoms with E-state index in [0.29, 0.717) is 19.6 Å². The maximum absolute atomic E-state index is 11.4. The van der Waals surface area contributed by atoms with Crippen molar-refractivity contribution in [3.05, 3.63) is 23.8 Å². The Bertz CT molecular complexity index is 383. The van der Waals surface area contributed by atoms with E-state index in [4.69, 9.17) is 10.5 Å². The maximum atomic E-state index is 11.4. The Labute approximate surface area is 114 Å². The van der Waals surface area contributed by atoms with Gasteiger partial charge in [-0.25, -0.2) is 0 Å². The Balaban J connectivity index is 0.00000289. The number of hydrogen-bond donors (Lipinski definition) is 2. The van der Waals surface area contributed by atoms with Crippen molar-refractivity contribution >= 4 is 24.0 Å². The van der Waals surface area contributed by atoms with Gasteiger partial charge in [0, 0.05) is 18.7 Å². The number of halogens is 1. The first-order valence-corrected chi connectivity index (χ1v) is 5.90. The number of ether oxygens (including phenoxy) is 1. The van der Waals surface area contributed by atoms with Crippen molar-refractivity contribution in [3.8, 4) is 5.75 Å². The van der Waals surface area contributed by atoms with Crippen LogP contribution >= 0.6 is 12.4 Å². The fourth-order valence-electron chi connectivity index (χ4n) is 1.43. The second-order valence-electron chi connectivity index (χ2n) is 3.91. The molecule has 3 N–H and O–H groups in total. The Morgan fingerprint density at radius 1 is 1.44 bits per heavy atom. The molecule has 0 bridgehead atoms. The summed E-state index contributed by atoms with van der Waals surface area (Å²) in [6.07, 6.45) is 1.32. The van der Waals surface area contributed by atoms with E-state index >= 15 is 0 Å². The smallest absolute Gasteiger partial charge is 0.225 e. The number of hydrogen-bond acceptors (Lipinski definition) is 3. The van der Waals surface area contributed by atoms with Gasteiger partial charge < -0.3 is 15.8 Å². The van der Waals surface area contributed by atoms with Crippen LogP contribution in [0.25, 0.3) is 0 Å². The Hall–Kier alpha value is -1.26. The van der Waals surface area contributed by atoms with Crippen LogP contribution in [0.4, 0.5) is 5.69 Å². The van der Waals surface area contributed by atoms with Gasteiger partial charge in [0.05, 0.1) is 6.61 Å². The summed E-state index contributed by atoms with van der Waals surface area (Å²) in [5.74, 6) is 0.777. The molecule has 0 aromatic heterocycles. The third-order valence-corrected chi connectivity index (χ3v) is 2.32. The Kier molecular flexibility index (Phi) is 8.16. The fourth-order valence-corrected chi connectivity index (χ4v) is 1.43. The minimum absolute atomic E-state index is 0. The molecule has 1 aromatic carbocycles. The monoisotopic (exact) mass is 272 g/mol. The lowest BCUT2D eigenvalue weighted by atomic mass is 10.2. The molecule has 0 saturated heterocycles. The van der Waals surface area contributed by atoms with Crippen molar-refractivity contribution in [3.63, 3.8) is 0 Å². The quantitative estimate of drug-likeness (QED) is 0.836. The summed E-state index contributed by atoms with van der Waals surface area (Å²) in [6, 6.07) is 5.64. The van der Waals surface area contributed by atoms with Crippen LogP contribution in [0.3, 0.4) is 0 Å². The molecule has 1 rings (SSSR count). The molecule has 0 atom stereocenters. The molecule has 0 heterocycles. The van der Waals surface area contributed by atoms with Crippen LogP contribution in [0.2, 0.25) is 0 Å². The van der Waals surface area contributed by atoms with E-state index in [1.54, 1.807) is 0 Å². The summed E-state index contributed by atoms with van der Waals surface area (Å²) in [5.41, 5.74) is 7.12. The number of nitrogens with one attached hydrogen (secondary N) is 1. The van der Waals surface area contributed by atoms with Crippen LogP contribution in [-0.2, 0) is 4.79 Å². The van der Waals surface area contributed by atoms with E-state index in [1.165, 1.54) is 0 Å². The van der Waals surface area contributed by atoms with Crippen molar-refractivity contribution in [1.82, 2.24) is 0 Å². The van der Waals surface area contributed by atoms with Crippen molar-refractivity contribution in [2.24, 2.45) is 5.73 Å². The van der Waals surface area contributed by atoms with Gasteiger partial charge >= 0.3 is 0 Å². The zero-order chi connectivity index (χ0) is 12.7. The van der Waals surface area contributed by atoms with Gasteiger partial charge in [0.1, 0.15) is 5.75 Å². The van der Waals surface area contributed by atoms with Gasteiger partial charge in [-0.15, -0.1) is 12.4 Å². The zero-order valence-corrected chi connectivity index (χ0v) is 11.7. The third kappa shape index (κ3) is 5.38. The van der Waals surface area contributed by atoms with E-state index in [-0.39, 0.29) is 18.3 Å².